The Bertz CT molecular complexity index is 1000. The van der Waals surface area contributed by atoms with Gasteiger partial charge in [-0.25, -0.2) is 4.79 Å². The van der Waals surface area contributed by atoms with Gasteiger partial charge in [0.1, 0.15) is 0 Å². The van der Waals surface area contributed by atoms with E-state index in [1.165, 1.54) is 44.1 Å². The van der Waals surface area contributed by atoms with Gasteiger partial charge in [0.15, 0.2) is 0 Å². The summed E-state index contributed by atoms with van der Waals surface area (Å²) >= 11 is 0. The van der Waals surface area contributed by atoms with Crippen LogP contribution < -0.4 is 0 Å². The fraction of sp³-hybridized carbons (Fsp3) is 0.444. The average molecular weight is 385 g/mol. The van der Waals surface area contributed by atoms with Gasteiger partial charge in [-0.15, -0.1) is 0 Å². The SMILES string of the molecule is CC12CC3CC(C)(C1)CC(c1ccc(C#Cc4ccc(C(=O)O)cc4)cc1)(C3)C2. The predicted molar refractivity (Wildman–Crippen MR) is 115 cm³/mol. The van der Waals surface area contributed by atoms with Crippen molar-refractivity contribution in [1.29, 1.82) is 0 Å². The molecule has 148 valence electrons. The summed E-state index contributed by atoms with van der Waals surface area (Å²) < 4.78 is 0. The van der Waals surface area contributed by atoms with E-state index in [1.807, 2.05) is 0 Å². The summed E-state index contributed by atoms with van der Waals surface area (Å²) in [5.41, 5.74) is 5.05. The van der Waals surface area contributed by atoms with Gasteiger partial charge in [-0.2, -0.15) is 0 Å². The zero-order valence-electron chi connectivity index (χ0n) is 17.3. The largest absolute Gasteiger partial charge is 0.478 e. The van der Waals surface area contributed by atoms with Crippen LogP contribution in [0.15, 0.2) is 48.5 Å². The molecule has 4 aliphatic carbocycles. The Hall–Kier alpha value is -2.53. The first-order chi connectivity index (χ1) is 13.8. The predicted octanol–water partition coefficient (Wildman–Crippen LogP) is 6.03. The first-order valence-electron chi connectivity index (χ1n) is 10.7. The highest BCUT2D eigenvalue weighted by atomic mass is 16.4. The van der Waals surface area contributed by atoms with Gasteiger partial charge in [-0.05, 0) is 103 Å². The quantitative estimate of drug-likeness (QED) is 0.642. The highest BCUT2D eigenvalue weighted by molar-refractivity contribution is 5.87. The van der Waals surface area contributed by atoms with Gasteiger partial charge in [0.05, 0.1) is 5.56 Å². The second kappa shape index (κ2) is 6.23. The van der Waals surface area contributed by atoms with Crippen LogP contribution in [0.25, 0.3) is 0 Å². The highest BCUT2D eigenvalue weighted by Gasteiger charge is 2.60. The Morgan fingerprint density at radius 2 is 1.34 bits per heavy atom. The summed E-state index contributed by atoms with van der Waals surface area (Å²) in [6.07, 6.45) is 8.30. The fourth-order valence-electron chi connectivity index (χ4n) is 7.52. The minimum absolute atomic E-state index is 0.290. The van der Waals surface area contributed by atoms with Crippen LogP contribution in [0.2, 0.25) is 0 Å². The molecule has 0 aromatic heterocycles. The molecule has 2 nitrogen and oxygen atoms in total. The second-order valence-corrected chi connectivity index (χ2v) is 10.6. The lowest BCUT2D eigenvalue weighted by Gasteiger charge is -2.65. The van der Waals surface area contributed by atoms with E-state index in [4.69, 9.17) is 5.11 Å². The van der Waals surface area contributed by atoms with Crippen LogP contribution in [0.1, 0.15) is 79.4 Å². The van der Waals surface area contributed by atoms with Crippen molar-refractivity contribution in [1.82, 2.24) is 0 Å². The molecule has 4 bridgehead atoms. The van der Waals surface area contributed by atoms with Crippen LogP contribution in [0.3, 0.4) is 0 Å². The molecule has 0 spiro atoms. The van der Waals surface area contributed by atoms with E-state index in [9.17, 15) is 4.79 Å². The van der Waals surface area contributed by atoms with E-state index in [2.05, 4.69) is 50.0 Å². The van der Waals surface area contributed by atoms with Gasteiger partial charge >= 0.3 is 5.97 Å². The lowest BCUT2D eigenvalue weighted by Crippen LogP contribution is -2.56. The molecule has 2 aromatic rings. The molecule has 0 saturated heterocycles. The van der Waals surface area contributed by atoms with Crippen LogP contribution in [0, 0.1) is 28.6 Å². The summed E-state index contributed by atoms with van der Waals surface area (Å²) in [5.74, 6) is 6.37. The topological polar surface area (TPSA) is 37.3 Å². The Balaban J connectivity index is 1.38. The van der Waals surface area contributed by atoms with E-state index < -0.39 is 5.97 Å². The lowest BCUT2D eigenvalue weighted by molar-refractivity contribution is -0.110. The van der Waals surface area contributed by atoms with Crippen molar-refractivity contribution < 1.29 is 9.90 Å². The highest BCUT2D eigenvalue weighted by Crippen LogP contribution is 2.69. The van der Waals surface area contributed by atoms with Gasteiger partial charge in [-0.3, -0.25) is 0 Å². The Kier molecular flexibility index (Phi) is 3.97. The summed E-state index contributed by atoms with van der Waals surface area (Å²) in [7, 11) is 0. The van der Waals surface area contributed by atoms with Crippen LogP contribution in [-0.4, -0.2) is 11.1 Å². The molecule has 2 aromatic carbocycles. The smallest absolute Gasteiger partial charge is 0.335 e. The van der Waals surface area contributed by atoms with Gasteiger partial charge in [0, 0.05) is 11.1 Å². The number of carbonyl (C=O) groups is 1. The van der Waals surface area contributed by atoms with E-state index in [-0.39, 0.29) is 5.56 Å². The molecular weight excluding hydrogens is 356 g/mol. The zero-order chi connectivity index (χ0) is 20.3. The maximum Gasteiger partial charge on any atom is 0.335 e. The monoisotopic (exact) mass is 384 g/mol. The minimum atomic E-state index is -0.910. The lowest BCUT2D eigenvalue weighted by atomic mass is 9.39. The first kappa shape index (κ1) is 18.5. The maximum absolute atomic E-state index is 11.0. The number of aromatic carboxylic acids is 1. The molecule has 4 aliphatic rings. The number of carboxylic acids is 1. The molecule has 0 heterocycles. The van der Waals surface area contributed by atoms with Gasteiger partial charge in [0.2, 0.25) is 0 Å². The standard InChI is InChI=1S/C27H28O2/c1-25-13-21-14-26(2,16-25)18-27(15-21,17-25)23-11-7-20(8-12-23)4-3-19-5-9-22(10-6-19)24(28)29/h5-12,21H,13-18H2,1-2H3,(H,28,29). The second-order valence-electron chi connectivity index (χ2n) is 10.6. The molecule has 1 N–H and O–H groups in total. The van der Waals surface area contributed by atoms with E-state index in [1.54, 1.807) is 24.3 Å². The molecule has 2 heteroatoms. The Morgan fingerprint density at radius 1 is 0.828 bits per heavy atom. The third-order valence-electron chi connectivity index (χ3n) is 7.61. The third-order valence-corrected chi connectivity index (χ3v) is 7.61. The molecule has 29 heavy (non-hydrogen) atoms. The van der Waals surface area contributed by atoms with Crippen molar-refractivity contribution in [2.45, 2.75) is 57.8 Å². The Labute approximate surface area is 173 Å². The van der Waals surface area contributed by atoms with Gasteiger partial charge in [-0.1, -0.05) is 37.8 Å². The number of rotatable bonds is 2. The zero-order valence-corrected chi connectivity index (χ0v) is 17.3. The summed E-state index contributed by atoms with van der Waals surface area (Å²) in [6.45, 7) is 5.06. The summed E-state index contributed by atoms with van der Waals surface area (Å²) in [6, 6.07) is 15.7. The molecule has 4 saturated carbocycles. The first-order valence-corrected chi connectivity index (χ1v) is 10.7. The molecule has 0 aliphatic heterocycles. The van der Waals surface area contributed by atoms with Crippen molar-refractivity contribution in [3.63, 3.8) is 0 Å². The molecule has 0 amide bonds. The van der Waals surface area contributed by atoms with Crippen molar-refractivity contribution in [2.24, 2.45) is 16.7 Å². The maximum atomic E-state index is 11.0. The third kappa shape index (κ3) is 3.27. The van der Waals surface area contributed by atoms with Crippen LogP contribution >= 0.6 is 0 Å². The Morgan fingerprint density at radius 3 is 1.83 bits per heavy atom. The van der Waals surface area contributed by atoms with Crippen LogP contribution in [0.5, 0.6) is 0 Å². The van der Waals surface area contributed by atoms with Crippen molar-refractivity contribution in [2.75, 3.05) is 0 Å². The van der Waals surface area contributed by atoms with Crippen molar-refractivity contribution >= 4 is 5.97 Å². The van der Waals surface area contributed by atoms with E-state index in [0.29, 0.717) is 16.2 Å². The normalized spacial score (nSPS) is 34.5. The number of carboxylic acid groups (broad SMARTS) is 1. The fourth-order valence-corrected chi connectivity index (χ4v) is 7.52. The molecule has 6 rings (SSSR count). The molecule has 2 unspecified atom stereocenters. The van der Waals surface area contributed by atoms with Crippen molar-refractivity contribution in [3.05, 3.63) is 70.8 Å². The van der Waals surface area contributed by atoms with E-state index in [0.717, 1.165) is 17.0 Å². The van der Waals surface area contributed by atoms with Gasteiger partial charge < -0.3 is 5.11 Å². The van der Waals surface area contributed by atoms with Gasteiger partial charge in [0.25, 0.3) is 0 Å². The van der Waals surface area contributed by atoms with Crippen LogP contribution in [-0.2, 0) is 5.41 Å². The number of hydrogen-bond donors (Lipinski definition) is 1. The van der Waals surface area contributed by atoms with Crippen molar-refractivity contribution in [3.8, 4) is 11.8 Å². The molecule has 4 fully saturated rings. The molecular formula is C27H28O2. The van der Waals surface area contributed by atoms with E-state index >= 15 is 0 Å². The summed E-state index contributed by atoms with van der Waals surface area (Å²) in [5, 5.41) is 8.99. The minimum Gasteiger partial charge on any atom is -0.478 e. The summed E-state index contributed by atoms with van der Waals surface area (Å²) in [4.78, 5) is 11.0. The average Bonchev–Trinajstić information content (AvgIpc) is 2.64. The number of hydrogen-bond acceptors (Lipinski definition) is 1. The number of benzene rings is 2. The molecule has 0 radical (unpaired) electrons. The molecule has 2 atom stereocenters. The van der Waals surface area contributed by atoms with Crippen LogP contribution in [0.4, 0.5) is 0 Å².